The van der Waals surface area contributed by atoms with Crippen LogP contribution in [0, 0.1) is 6.92 Å². The summed E-state index contributed by atoms with van der Waals surface area (Å²) in [6.45, 7) is 1.98. The van der Waals surface area contributed by atoms with E-state index in [9.17, 15) is 14.4 Å². The van der Waals surface area contributed by atoms with E-state index in [1.165, 1.54) is 0 Å². The Morgan fingerprint density at radius 2 is 1.77 bits per heavy atom. The van der Waals surface area contributed by atoms with Gasteiger partial charge in [-0.1, -0.05) is 17.7 Å². The summed E-state index contributed by atoms with van der Waals surface area (Å²) in [5.41, 5.74) is 1.40. The van der Waals surface area contributed by atoms with Crippen molar-refractivity contribution in [3.63, 3.8) is 0 Å². The Balaban J connectivity index is 2.27. The number of anilines is 1. The molecule has 0 aliphatic rings. The summed E-state index contributed by atoms with van der Waals surface area (Å²) in [6, 6.07) is 4.70. The van der Waals surface area contributed by atoms with Gasteiger partial charge in [-0.25, -0.2) is 4.79 Å². The van der Waals surface area contributed by atoms with Gasteiger partial charge in [0.25, 0.3) is 0 Å². The van der Waals surface area contributed by atoms with Crippen LogP contribution in [0.25, 0.3) is 0 Å². The first kappa shape index (κ1) is 17.8. The molecule has 7 nitrogen and oxygen atoms in total. The molecule has 0 bridgehead atoms. The van der Waals surface area contributed by atoms with Crippen molar-refractivity contribution in [1.29, 1.82) is 0 Å². The molecule has 0 saturated heterocycles. The van der Waals surface area contributed by atoms with Gasteiger partial charge in [0.05, 0.1) is 6.42 Å². The lowest BCUT2D eigenvalue weighted by Gasteiger charge is -2.10. The van der Waals surface area contributed by atoms with Crippen molar-refractivity contribution >= 4 is 35.2 Å². The fraction of sp³-hybridized carbons (Fsp3) is 0.357. The van der Waals surface area contributed by atoms with Gasteiger partial charge in [0, 0.05) is 30.2 Å². The highest BCUT2D eigenvalue weighted by atomic mass is 35.5. The number of benzene rings is 1. The van der Waals surface area contributed by atoms with Crippen LogP contribution < -0.4 is 16.0 Å². The fourth-order valence-corrected chi connectivity index (χ4v) is 1.77. The Kier molecular flexibility index (Phi) is 7.18. The Bertz CT molecular complexity index is 563. The number of hydrogen-bond donors (Lipinski definition) is 4. The van der Waals surface area contributed by atoms with Gasteiger partial charge in [0.2, 0.25) is 5.91 Å². The number of hydrogen-bond acceptors (Lipinski definition) is 3. The highest BCUT2D eigenvalue weighted by molar-refractivity contribution is 6.31. The molecule has 0 aromatic heterocycles. The summed E-state index contributed by atoms with van der Waals surface area (Å²) in [6.07, 6.45) is -0.0553. The number of rotatable bonds is 7. The molecule has 0 atom stereocenters. The summed E-state index contributed by atoms with van der Waals surface area (Å²) in [5.74, 6) is -1.24. The second kappa shape index (κ2) is 8.89. The molecule has 3 amide bonds. The van der Waals surface area contributed by atoms with Gasteiger partial charge in [0.1, 0.15) is 0 Å². The fourth-order valence-electron chi connectivity index (χ4n) is 1.59. The number of carboxylic acid groups (broad SMARTS) is 1. The molecule has 0 saturated carbocycles. The Hall–Kier alpha value is -2.28. The van der Waals surface area contributed by atoms with Crippen molar-refractivity contribution < 1.29 is 19.5 Å². The van der Waals surface area contributed by atoms with Crippen LogP contribution in [-0.2, 0) is 9.59 Å². The predicted octanol–water partition coefficient (Wildman–Crippen LogP) is 1.75. The minimum atomic E-state index is -0.989. The van der Waals surface area contributed by atoms with Crippen molar-refractivity contribution in [1.82, 2.24) is 10.6 Å². The van der Waals surface area contributed by atoms with Gasteiger partial charge >= 0.3 is 12.0 Å². The van der Waals surface area contributed by atoms with Crippen LogP contribution in [-0.4, -0.2) is 36.1 Å². The minimum absolute atomic E-state index is 0.0368. The summed E-state index contributed by atoms with van der Waals surface area (Å²) in [7, 11) is 0. The average Bonchev–Trinajstić information content (AvgIpc) is 2.43. The lowest BCUT2D eigenvalue weighted by atomic mass is 10.2. The maximum atomic E-state index is 11.8. The van der Waals surface area contributed by atoms with E-state index in [1.807, 2.05) is 0 Å². The molecule has 0 unspecified atom stereocenters. The van der Waals surface area contributed by atoms with E-state index in [1.54, 1.807) is 25.1 Å². The van der Waals surface area contributed by atoms with Crippen LogP contribution in [0.5, 0.6) is 0 Å². The summed E-state index contributed by atoms with van der Waals surface area (Å²) < 4.78 is 0. The number of aliphatic carboxylic acids is 1. The largest absolute Gasteiger partial charge is 0.481 e. The second-order valence-corrected chi connectivity index (χ2v) is 4.94. The zero-order valence-corrected chi connectivity index (χ0v) is 12.9. The standard InChI is InChI=1S/C14H18ClN3O4/c1-9-10(15)3-2-4-11(9)18-12(19)5-7-16-14(22)17-8-6-13(20)21/h2-4H,5-8H2,1H3,(H,18,19)(H,20,21)(H2,16,17,22). The third-order valence-corrected chi connectivity index (χ3v) is 3.21. The highest BCUT2D eigenvalue weighted by Crippen LogP contribution is 2.22. The third kappa shape index (κ3) is 6.45. The molecule has 4 N–H and O–H groups in total. The van der Waals surface area contributed by atoms with Gasteiger partial charge in [0.15, 0.2) is 0 Å². The maximum absolute atomic E-state index is 11.8. The summed E-state index contributed by atoms with van der Waals surface area (Å²) >= 11 is 5.96. The lowest BCUT2D eigenvalue weighted by Crippen LogP contribution is -2.38. The number of carbonyl (C=O) groups is 3. The number of amides is 3. The van der Waals surface area contributed by atoms with Gasteiger partial charge in [-0.3, -0.25) is 9.59 Å². The quantitative estimate of drug-likeness (QED) is 0.612. The van der Waals surface area contributed by atoms with Crippen LogP contribution in [0.1, 0.15) is 18.4 Å². The van der Waals surface area contributed by atoms with Crippen LogP contribution in [0.15, 0.2) is 18.2 Å². The number of carbonyl (C=O) groups excluding carboxylic acids is 2. The molecule has 120 valence electrons. The first-order valence-corrected chi connectivity index (χ1v) is 7.06. The Morgan fingerprint density at radius 3 is 2.41 bits per heavy atom. The van der Waals surface area contributed by atoms with E-state index in [0.29, 0.717) is 10.7 Å². The maximum Gasteiger partial charge on any atom is 0.314 e. The Morgan fingerprint density at radius 1 is 1.14 bits per heavy atom. The topological polar surface area (TPSA) is 108 Å². The number of carboxylic acids is 1. The summed E-state index contributed by atoms with van der Waals surface area (Å²) in [4.78, 5) is 33.3. The first-order chi connectivity index (χ1) is 10.4. The van der Waals surface area contributed by atoms with Gasteiger partial charge in [-0.15, -0.1) is 0 Å². The predicted molar refractivity (Wildman–Crippen MR) is 83.1 cm³/mol. The molecule has 0 radical (unpaired) electrons. The minimum Gasteiger partial charge on any atom is -0.481 e. The molecule has 0 aliphatic heterocycles. The molecule has 0 spiro atoms. The van der Waals surface area contributed by atoms with Gasteiger partial charge in [-0.2, -0.15) is 0 Å². The van der Waals surface area contributed by atoms with Crippen molar-refractivity contribution in [3.8, 4) is 0 Å². The molecule has 1 aromatic rings. The molecule has 1 aromatic carbocycles. The average molecular weight is 328 g/mol. The lowest BCUT2D eigenvalue weighted by molar-refractivity contribution is -0.136. The molecule has 0 heterocycles. The number of urea groups is 1. The smallest absolute Gasteiger partial charge is 0.314 e. The molecule has 0 aliphatic carbocycles. The van der Waals surface area contributed by atoms with Crippen molar-refractivity contribution in [2.45, 2.75) is 19.8 Å². The normalized spacial score (nSPS) is 9.91. The number of nitrogens with one attached hydrogen (secondary N) is 3. The zero-order valence-electron chi connectivity index (χ0n) is 12.1. The van der Waals surface area contributed by atoms with Crippen molar-refractivity contribution in [2.75, 3.05) is 18.4 Å². The van der Waals surface area contributed by atoms with Crippen LogP contribution in [0.2, 0.25) is 5.02 Å². The van der Waals surface area contributed by atoms with Crippen LogP contribution in [0.4, 0.5) is 10.5 Å². The van der Waals surface area contributed by atoms with Crippen LogP contribution in [0.3, 0.4) is 0 Å². The molecular formula is C14H18ClN3O4. The van der Waals surface area contributed by atoms with Crippen LogP contribution >= 0.6 is 11.6 Å². The zero-order chi connectivity index (χ0) is 16.5. The second-order valence-electron chi connectivity index (χ2n) is 4.54. The summed E-state index contributed by atoms with van der Waals surface area (Å²) in [5, 5.41) is 16.5. The third-order valence-electron chi connectivity index (χ3n) is 2.80. The van der Waals surface area contributed by atoms with Gasteiger partial charge in [-0.05, 0) is 24.6 Å². The first-order valence-electron chi connectivity index (χ1n) is 6.68. The van der Waals surface area contributed by atoms with E-state index in [-0.39, 0.29) is 31.8 Å². The highest BCUT2D eigenvalue weighted by Gasteiger charge is 2.07. The molecule has 8 heteroatoms. The van der Waals surface area contributed by atoms with Crippen molar-refractivity contribution in [2.24, 2.45) is 0 Å². The number of halogens is 1. The molecule has 0 fully saturated rings. The van der Waals surface area contributed by atoms with Gasteiger partial charge < -0.3 is 21.1 Å². The Labute approximate surface area is 133 Å². The van der Waals surface area contributed by atoms with E-state index in [4.69, 9.17) is 16.7 Å². The van der Waals surface area contributed by atoms with E-state index in [2.05, 4.69) is 16.0 Å². The molecule has 1 rings (SSSR count). The molecular weight excluding hydrogens is 310 g/mol. The van der Waals surface area contributed by atoms with E-state index >= 15 is 0 Å². The monoisotopic (exact) mass is 327 g/mol. The van der Waals surface area contributed by atoms with E-state index < -0.39 is 12.0 Å². The van der Waals surface area contributed by atoms with Crippen molar-refractivity contribution in [3.05, 3.63) is 28.8 Å². The molecule has 22 heavy (non-hydrogen) atoms. The van der Waals surface area contributed by atoms with E-state index in [0.717, 1.165) is 5.56 Å². The SMILES string of the molecule is Cc1c(Cl)cccc1NC(=O)CCNC(=O)NCCC(=O)O.